The highest BCUT2D eigenvalue weighted by molar-refractivity contribution is 5.63. The number of aromatic nitrogens is 2. The van der Waals surface area contributed by atoms with Gasteiger partial charge in [-0.3, -0.25) is 0 Å². The van der Waals surface area contributed by atoms with Crippen LogP contribution in [-0.2, 0) is 0 Å². The van der Waals surface area contributed by atoms with Crippen LogP contribution in [0, 0.1) is 13.8 Å². The Labute approximate surface area is 111 Å². The van der Waals surface area contributed by atoms with Crippen molar-refractivity contribution in [3.63, 3.8) is 0 Å². The number of hydrogen-bond donors (Lipinski definition) is 1. The third-order valence-electron chi connectivity index (χ3n) is 3.23. The van der Waals surface area contributed by atoms with Crippen LogP contribution >= 0.6 is 0 Å². The molecule has 2 N–H and O–H groups in total. The second kappa shape index (κ2) is 4.42. The molecule has 1 aromatic heterocycles. The van der Waals surface area contributed by atoms with Crippen LogP contribution in [0.1, 0.15) is 11.3 Å². The van der Waals surface area contributed by atoms with Gasteiger partial charge in [0.05, 0.1) is 0 Å². The van der Waals surface area contributed by atoms with Crippen LogP contribution in [0.25, 0.3) is 11.4 Å². The molecule has 98 valence electrons. The summed E-state index contributed by atoms with van der Waals surface area (Å²) in [5.41, 5.74) is 8.57. The van der Waals surface area contributed by atoms with Crippen molar-refractivity contribution in [1.29, 1.82) is 0 Å². The fourth-order valence-corrected chi connectivity index (χ4v) is 1.96. The van der Waals surface area contributed by atoms with Crippen LogP contribution in [-0.4, -0.2) is 23.2 Å². The number of fused-ring (bicyclic) bond motifs is 1. The van der Waals surface area contributed by atoms with Gasteiger partial charge in [-0.1, -0.05) is 0 Å². The maximum Gasteiger partial charge on any atom is 0.162 e. The lowest BCUT2D eigenvalue weighted by molar-refractivity contribution is 0.171. The van der Waals surface area contributed by atoms with Gasteiger partial charge in [0, 0.05) is 16.8 Å². The maximum atomic E-state index is 5.89. The zero-order chi connectivity index (χ0) is 13.4. The maximum absolute atomic E-state index is 5.89. The third-order valence-corrected chi connectivity index (χ3v) is 3.23. The fraction of sp³-hybridized carbons (Fsp3) is 0.286. The van der Waals surface area contributed by atoms with E-state index in [2.05, 4.69) is 9.97 Å². The van der Waals surface area contributed by atoms with Crippen molar-refractivity contribution in [3.05, 3.63) is 29.5 Å². The number of nitrogens with two attached hydrogens (primary N) is 1. The molecule has 1 aliphatic rings. The van der Waals surface area contributed by atoms with Crippen LogP contribution in [0.5, 0.6) is 11.5 Å². The summed E-state index contributed by atoms with van der Waals surface area (Å²) in [6, 6.07) is 5.67. The predicted octanol–water partition coefficient (Wildman–Crippen LogP) is 2.11. The van der Waals surface area contributed by atoms with E-state index in [0.717, 1.165) is 28.3 Å². The Bertz CT molecular complexity index is 618. The minimum Gasteiger partial charge on any atom is -0.486 e. The summed E-state index contributed by atoms with van der Waals surface area (Å²) in [7, 11) is 0. The summed E-state index contributed by atoms with van der Waals surface area (Å²) >= 11 is 0. The molecule has 19 heavy (non-hydrogen) atoms. The SMILES string of the molecule is Cc1nc(-c2ccc3c(c2)OCCO3)nc(N)c1C. The number of anilines is 1. The summed E-state index contributed by atoms with van der Waals surface area (Å²) in [6.45, 7) is 4.99. The predicted molar refractivity (Wildman–Crippen MR) is 72.3 cm³/mol. The average Bonchev–Trinajstić information content (AvgIpc) is 2.43. The Hall–Kier alpha value is -2.30. The van der Waals surface area contributed by atoms with E-state index in [1.807, 2.05) is 32.0 Å². The van der Waals surface area contributed by atoms with Crippen molar-refractivity contribution in [2.45, 2.75) is 13.8 Å². The fourth-order valence-electron chi connectivity index (χ4n) is 1.96. The molecule has 2 aromatic rings. The third kappa shape index (κ3) is 2.07. The quantitative estimate of drug-likeness (QED) is 0.847. The van der Waals surface area contributed by atoms with Crippen LogP contribution in [0.2, 0.25) is 0 Å². The van der Waals surface area contributed by atoms with Crippen molar-refractivity contribution in [2.75, 3.05) is 18.9 Å². The number of benzene rings is 1. The average molecular weight is 257 g/mol. The molecule has 0 fully saturated rings. The lowest BCUT2D eigenvalue weighted by Gasteiger charge is -2.18. The number of nitrogen functional groups attached to an aromatic ring is 1. The molecule has 5 nitrogen and oxygen atoms in total. The summed E-state index contributed by atoms with van der Waals surface area (Å²) in [5, 5.41) is 0. The Morgan fingerprint density at radius 1 is 1.05 bits per heavy atom. The lowest BCUT2D eigenvalue weighted by Crippen LogP contribution is -2.15. The Kier molecular flexibility index (Phi) is 2.74. The number of ether oxygens (including phenoxy) is 2. The van der Waals surface area contributed by atoms with Gasteiger partial charge in [-0.15, -0.1) is 0 Å². The Balaban J connectivity index is 2.07. The van der Waals surface area contributed by atoms with Gasteiger partial charge in [0.2, 0.25) is 0 Å². The minimum atomic E-state index is 0.511. The van der Waals surface area contributed by atoms with Crippen molar-refractivity contribution in [2.24, 2.45) is 0 Å². The second-order valence-corrected chi connectivity index (χ2v) is 4.50. The Morgan fingerprint density at radius 3 is 2.53 bits per heavy atom. The Morgan fingerprint density at radius 2 is 1.79 bits per heavy atom. The molecule has 0 spiro atoms. The minimum absolute atomic E-state index is 0.511. The van der Waals surface area contributed by atoms with Crippen LogP contribution < -0.4 is 15.2 Å². The van der Waals surface area contributed by atoms with Gasteiger partial charge >= 0.3 is 0 Å². The first-order chi connectivity index (χ1) is 9.15. The van der Waals surface area contributed by atoms with E-state index >= 15 is 0 Å². The summed E-state index contributed by atoms with van der Waals surface area (Å²) < 4.78 is 11.0. The molecule has 0 saturated carbocycles. The van der Waals surface area contributed by atoms with E-state index < -0.39 is 0 Å². The van der Waals surface area contributed by atoms with Gasteiger partial charge in [-0.25, -0.2) is 9.97 Å². The topological polar surface area (TPSA) is 70.3 Å². The summed E-state index contributed by atoms with van der Waals surface area (Å²) in [4.78, 5) is 8.79. The van der Waals surface area contributed by atoms with Gasteiger partial charge in [-0.05, 0) is 32.0 Å². The number of aryl methyl sites for hydroxylation is 1. The lowest BCUT2D eigenvalue weighted by atomic mass is 10.1. The molecular weight excluding hydrogens is 242 g/mol. The van der Waals surface area contributed by atoms with E-state index in [-0.39, 0.29) is 0 Å². The van der Waals surface area contributed by atoms with Crippen LogP contribution in [0.15, 0.2) is 18.2 Å². The first-order valence-electron chi connectivity index (χ1n) is 6.16. The highest BCUT2D eigenvalue weighted by Crippen LogP contribution is 2.33. The standard InChI is InChI=1S/C14H15N3O2/c1-8-9(2)16-14(17-13(8)15)10-3-4-11-12(7-10)19-6-5-18-11/h3-4,7H,5-6H2,1-2H3,(H2,15,16,17). The first-order valence-corrected chi connectivity index (χ1v) is 6.16. The van der Waals surface area contributed by atoms with Crippen molar-refractivity contribution in [3.8, 4) is 22.9 Å². The number of nitrogens with zero attached hydrogens (tertiary/aromatic N) is 2. The summed E-state index contributed by atoms with van der Waals surface area (Å²) in [5.74, 6) is 2.60. The smallest absolute Gasteiger partial charge is 0.162 e. The molecule has 0 radical (unpaired) electrons. The molecule has 5 heteroatoms. The van der Waals surface area contributed by atoms with Crippen molar-refractivity contribution < 1.29 is 9.47 Å². The van der Waals surface area contributed by atoms with Crippen LogP contribution in [0.4, 0.5) is 5.82 Å². The number of rotatable bonds is 1. The summed E-state index contributed by atoms with van der Waals surface area (Å²) in [6.07, 6.45) is 0. The molecule has 2 heterocycles. The second-order valence-electron chi connectivity index (χ2n) is 4.50. The molecule has 0 unspecified atom stereocenters. The molecule has 0 atom stereocenters. The van der Waals surface area contributed by atoms with Gasteiger partial charge in [0.1, 0.15) is 19.0 Å². The van der Waals surface area contributed by atoms with Crippen LogP contribution in [0.3, 0.4) is 0 Å². The molecule has 0 saturated heterocycles. The highest BCUT2D eigenvalue weighted by atomic mass is 16.6. The van der Waals surface area contributed by atoms with Gasteiger partial charge < -0.3 is 15.2 Å². The first kappa shape index (κ1) is 11.8. The normalized spacial score (nSPS) is 13.4. The molecule has 3 rings (SSSR count). The molecule has 0 bridgehead atoms. The van der Waals surface area contributed by atoms with E-state index in [9.17, 15) is 0 Å². The zero-order valence-electron chi connectivity index (χ0n) is 10.9. The van der Waals surface area contributed by atoms with Gasteiger partial charge in [-0.2, -0.15) is 0 Å². The molecule has 1 aliphatic heterocycles. The highest BCUT2D eigenvalue weighted by Gasteiger charge is 2.14. The number of hydrogen-bond acceptors (Lipinski definition) is 5. The molecule has 0 aliphatic carbocycles. The zero-order valence-corrected chi connectivity index (χ0v) is 10.9. The largest absolute Gasteiger partial charge is 0.486 e. The van der Waals surface area contributed by atoms with Gasteiger partial charge in [0.15, 0.2) is 17.3 Å². The molecular formula is C14H15N3O2. The van der Waals surface area contributed by atoms with Crippen molar-refractivity contribution >= 4 is 5.82 Å². The van der Waals surface area contributed by atoms with E-state index in [1.54, 1.807) is 0 Å². The monoisotopic (exact) mass is 257 g/mol. The van der Waals surface area contributed by atoms with E-state index in [1.165, 1.54) is 0 Å². The van der Waals surface area contributed by atoms with Gasteiger partial charge in [0.25, 0.3) is 0 Å². The van der Waals surface area contributed by atoms with E-state index in [4.69, 9.17) is 15.2 Å². The van der Waals surface area contributed by atoms with E-state index in [0.29, 0.717) is 24.9 Å². The van der Waals surface area contributed by atoms with Crippen molar-refractivity contribution in [1.82, 2.24) is 9.97 Å². The molecule has 1 aromatic carbocycles. The molecule has 0 amide bonds.